The normalized spacial score (nSPS) is 52.7. The third-order valence-corrected chi connectivity index (χ3v) is 14.4. The van der Waals surface area contributed by atoms with Gasteiger partial charge >= 0.3 is 5.97 Å². The van der Waals surface area contributed by atoms with Gasteiger partial charge in [-0.05, 0) is 6.92 Å². The first-order valence-electron chi connectivity index (χ1n) is 24.5. The summed E-state index contributed by atoms with van der Waals surface area (Å²) in [5.74, 6) is -1.93. The largest absolute Gasteiger partial charge is 0.479 e. The fourth-order valence-corrected chi connectivity index (χ4v) is 9.71. The number of rotatable bonds is 19. The lowest BCUT2D eigenvalue weighted by Gasteiger charge is -2.47. The Balaban J connectivity index is 0.983. The van der Waals surface area contributed by atoms with Crippen molar-refractivity contribution < 1.29 is 179 Å². The number of carboxylic acids is 1. The molecule has 7 saturated heterocycles. The van der Waals surface area contributed by atoms with Crippen LogP contribution in [0.15, 0.2) is 0 Å². The van der Waals surface area contributed by atoms with Gasteiger partial charge in [-0.25, -0.2) is 4.79 Å². The summed E-state index contributed by atoms with van der Waals surface area (Å²) in [6.45, 7) is -3.25. The van der Waals surface area contributed by atoms with E-state index in [2.05, 4.69) is 0 Å². The number of aliphatic carboxylic acids is 1. The zero-order valence-corrected chi connectivity index (χ0v) is 40.8. The van der Waals surface area contributed by atoms with Crippen molar-refractivity contribution in [3.63, 3.8) is 0 Å². The van der Waals surface area contributed by atoms with E-state index in [-0.39, 0.29) is 0 Å². The van der Waals surface area contributed by atoms with Crippen molar-refractivity contribution in [2.75, 3.05) is 33.0 Å². The summed E-state index contributed by atoms with van der Waals surface area (Å²) in [5, 5.41) is 232. The molecule has 78 heavy (non-hydrogen) atoms. The molecular weight excluding hydrogens is 1080 g/mol. The van der Waals surface area contributed by atoms with Gasteiger partial charge in [0.25, 0.3) is 0 Å². The molecule has 454 valence electrons. The number of aliphatic hydroxyl groups excluding tert-OH is 21. The molecule has 0 radical (unpaired) electrons. The van der Waals surface area contributed by atoms with Crippen molar-refractivity contribution in [1.82, 2.24) is 0 Å². The monoisotopic (exact) mass is 1150 g/mol. The average Bonchev–Trinajstić information content (AvgIpc) is 3.72. The van der Waals surface area contributed by atoms with E-state index >= 15 is 0 Å². The van der Waals surface area contributed by atoms with Crippen LogP contribution < -0.4 is 0 Å². The van der Waals surface area contributed by atoms with Crippen molar-refractivity contribution >= 4 is 5.97 Å². The second-order valence-electron chi connectivity index (χ2n) is 19.7. The van der Waals surface area contributed by atoms with E-state index in [9.17, 15) is 117 Å². The summed E-state index contributed by atoms with van der Waals surface area (Å²) < 4.78 is 71.2. The summed E-state index contributed by atoms with van der Waals surface area (Å²) in [7, 11) is 0. The van der Waals surface area contributed by atoms with E-state index in [0.29, 0.717) is 0 Å². The van der Waals surface area contributed by atoms with Gasteiger partial charge in [0.05, 0.1) is 39.1 Å². The second-order valence-corrected chi connectivity index (χ2v) is 19.7. The van der Waals surface area contributed by atoms with Crippen LogP contribution in [0.1, 0.15) is 6.92 Å². The molecule has 0 aromatic carbocycles. The number of aliphatic hydroxyl groups is 21. The summed E-state index contributed by atoms with van der Waals surface area (Å²) in [5.41, 5.74) is 0. The molecule has 0 aromatic rings. The molecule has 0 bridgehead atoms. The van der Waals surface area contributed by atoms with Crippen molar-refractivity contribution in [2.24, 2.45) is 0 Å². The van der Waals surface area contributed by atoms with E-state index in [0.717, 1.165) is 0 Å². The SMILES string of the molecule is C[C@@H]1O[C@@H](O[C@H]2[C@@H](O)[C@@H](CO)OC(O)[C@@H]2O)[C@H](O)[C@H](O[C@H]2O[C@H](CO[C@@H]3O[C@@H]([C@H](O)CO)[C@H](O[C@@H]4O[C@H](C(=O)O)[C@@H](O[C@H]5O[C@H](CO[C@@H]6O[C@H](CO)[C@@H](O)[C@H](O)[C@H]6O)[C@@H](O)[C@H](O)[C@H]5O)[C@H](O)[C@H]4O)[C@H]3O)[C@@H](O)[C@H](O)[C@H]2O)[C@H]1O. The molecule has 22 N–H and O–H groups in total. The average molecular weight is 1150 g/mol. The minimum atomic E-state index is -2.39. The van der Waals surface area contributed by atoms with Gasteiger partial charge in [-0.15, -0.1) is 0 Å². The lowest BCUT2D eigenvalue weighted by molar-refractivity contribution is -0.377. The van der Waals surface area contributed by atoms with E-state index in [4.69, 9.17) is 61.6 Å². The Bertz CT molecular complexity index is 1880. The highest BCUT2D eigenvalue weighted by molar-refractivity contribution is 5.73. The molecule has 36 nitrogen and oxygen atoms in total. The van der Waals surface area contributed by atoms with Gasteiger partial charge in [0.15, 0.2) is 50.1 Å². The Morgan fingerprint density at radius 2 is 0.795 bits per heavy atom. The first kappa shape index (κ1) is 63.7. The predicted octanol–water partition coefficient (Wildman–Crippen LogP) is -15.2. The van der Waals surface area contributed by atoms with Crippen molar-refractivity contribution in [2.45, 2.75) is 222 Å². The highest BCUT2D eigenvalue weighted by atomic mass is 16.8. The molecule has 7 aliphatic heterocycles. The third-order valence-electron chi connectivity index (χ3n) is 14.4. The van der Waals surface area contributed by atoms with Crippen LogP contribution in [0.5, 0.6) is 0 Å². The Morgan fingerprint density at radius 1 is 0.397 bits per heavy atom. The standard InChI is InChI=1S/C42H70O36/c1-7-13(47)30(27(61)42(68-7)75-31-17(51)10(4-45)69-36(65)26(31)60)74-39-23(57)19(53)16(50)12(71-39)6-67-38-28(62)33(29(73-38)8(46)2-43)77-41-25(59)21(55)32(34(78-41)35(63)64)76-40-24(58)20(54)15(49)11(72-40)5-66-37-22(56)18(52)14(48)9(3-44)70-37/h7-34,36-62,65H,2-6H2,1H3,(H,63,64)/t7-,8+,9+,10+,11+,12+,13-,14+,15+,16+,17-,18-,19-,20-,21+,22+,23+,24+,25+,26+,27+,28+,29-,30+,31-,32-,33+,34-,36?,37+,38+,39+,40+,41+,42-/m0/s1. The summed E-state index contributed by atoms with van der Waals surface area (Å²) in [6.07, 6.45) is -68.5. The van der Waals surface area contributed by atoms with Gasteiger partial charge in [-0.2, -0.15) is 0 Å². The van der Waals surface area contributed by atoms with E-state index < -0.39 is 254 Å². The van der Waals surface area contributed by atoms with Gasteiger partial charge < -0.3 is 174 Å². The van der Waals surface area contributed by atoms with Gasteiger partial charge in [-0.3, -0.25) is 0 Å². The number of carboxylic acid groups (broad SMARTS) is 1. The molecule has 7 rings (SSSR count). The van der Waals surface area contributed by atoms with Crippen molar-refractivity contribution in [1.29, 1.82) is 0 Å². The molecule has 0 amide bonds. The summed E-state index contributed by atoms with van der Waals surface area (Å²) >= 11 is 0. The highest BCUT2D eigenvalue weighted by Crippen LogP contribution is 2.37. The Labute approximate surface area is 439 Å². The van der Waals surface area contributed by atoms with Gasteiger partial charge in [0.2, 0.25) is 0 Å². The number of ether oxygens (including phenoxy) is 13. The van der Waals surface area contributed by atoms with Crippen molar-refractivity contribution in [3.05, 3.63) is 0 Å². The first-order chi connectivity index (χ1) is 36.8. The topological polar surface area (TPSA) is 582 Å². The second kappa shape index (κ2) is 26.8. The van der Waals surface area contributed by atoms with E-state index in [1.807, 2.05) is 0 Å². The van der Waals surface area contributed by atoms with E-state index in [1.54, 1.807) is 0 Å². The van der Waals surface area contributed by atoms with Crippen LogP contribution in [0, 0.1) is 0 Å². The molecule has 0 aliphatic carbocycles. The molecular formula is C42H70O36. The Kier molecular flexibility index (Phi) is 21.9. The molecule has 7 fully saturated rings. The minimum Gasteiger partial charge on any atom is -0.479 e. The Hall–Kier alpha value is -1.89. The van der Waals surface area contributed by atoms with Crippen LogP contribution >= 0.6 is 0 Å². The van der Waals surface area contributed by atoms with Crippen LogP contribution in [-0.2, 0) is 66.4 Å². The smallest absolute Gasteiger partial charge is 0.335 e. The molecule has 36 heteroatoms. The number of carbonyl (C=O) groups is 1. The molecule has 7 heterocycles. The zero-order valence-electron chi connectivity index (χ0n) is 40.8. The van der Waals surface area contributed by atoms with Crippen LogP contribution in [-0.4, -0.2) is 366 Å². The quantitative estimate of drug-likeness (QED) is 0.0571. The molecule has 0 spiro atoms. The van der Waals surface area contributed by atoms with Crippen LogP contribution in [0.3, 0.4) is 0 Å². The molecule has 35 atom stereocenters. The van der Waals surface area contributed by atoms with Crippen LogP contribution in [0.2, 0.25) is 0 Å². The minimum absolute atomic E-state index is 0.832. The summed E-state index contributed by atoms with van der Waals surface area (Å²) in [6, 6.07) is 0. The summed E-state index contributed by atoms with van der Waals surface area (Å²) in [4.78, 5) is 12.6. The molecule has 1 unspecified atom stereocenters. The van der Waals surface area contributed by atoms with Crippen LogP contribution in [0.25, 0.3) is 0 Å². The molecule has 0 aromatic heterocycles. The van der Waals surface area contributed by atoms with Crippen molar-refractivity contribution in [3.8, 4) is 0 Å². The van der Waals surface area contributed by atoms with Crippen LogP contribution in [0.4, 0.5) is 0 Å². The zero-order chi connectivity index (χ0) is 57.5. The fraction of sp³-hybridized carbons (Fsp3) is 0.976. The maximum Gasteiger partial charge on any atom is 0.335 e. The number of hydrogen-bond donors (Lipinski definition) is 22. The molecule has 7 aliphatic rings. The third kappa shape index (κ3) is 13.1. The molecule has 0 saturated carbocycles. The van der Waals surface area contributed by atoms with E-state index in [1.165, 1.54) is 6.92 Å². The van der Waals surface area contributed by atoms with Gasteiger partial charge in [-0.1, -0.05) is 0 Å². The number of hydrogen-bond acceptors (Lipinski definition) is 35. The predicted molar refractivity (Wildman–Crippen MR) is 231 cm³/mol. The van der Waals surface area contributed by atoms with Gasteiger partial charge in [0, 0.05) is 0 Å². The lowest BCUT2D eigenvalue weighted by Crippen LogP contribution is -2.66. The lowest BCUT2D eigenvalue weighted by atomic mass is 9.96. The maximum atomic E-state index is 12.6. The maximum absolute atomic E-state index is 12.6. The first-order valence-corrected chi connectivity index (χ1v) is 24.5. The van der Waals surface area contributed by atoms with Gasteiger partial charge in [0.1, 0.15) is 159 Å². The highest BCUT2D eigenvalue weighted by Gasteiger charge is 2.58. The Morgan fingerprint density at radius 3 is 1.31 bits per heavy atom. The fourth-order valence-electron chi connectivity index (χ4n) is 9.71.